The van der Waals surface area contributed by atoms with E-state index in [9.17, 15) is 14.4 Å². The molecule has 2 aromatic carbocycles. The highest BCUT2D eigenvalue weighted by Gasteiger charge is 2.18. The summed E-state index contributed by atoms with van der Waals surface area (Å²) in [5.74, 6) is -1.37. The van der Waals surface area contributed by atoms with Crippen molar-refractivity contribution in [3.05, 3.63) is 59.1 Å². The van der Waals surface area contributed by atoms with E-state index < -0.39 is 18.5 Å². The average Bonchev–Trinajstić information content (AvgIpc) is 2.66. The van der Waals surface area contributed by atoms with Crippen molar-refractivity contribution in [2.24, 2.45) is 0 Å². The minimum absolute atomic E-state index is 0.122. The lowest BCUT2D eigenvalue weighted by molar-refractivity contribution is -0.121. The van der Waals surface area contributed by atoms with E-state index in [2.05, 4.69) is 5.32 Å². The number of nitrogens with zero attached hydrogens (tertiary/aromatic N) is 2. The molecule has 7 nitrogen and oxygen atoms in total. The van der Waals surface area contributed by atoms with Crippen LogP contribution in [0.5, 0.6) is 0 Å². The molecule has 0 bridgehead atoms. The van der Waals surface area contributed by atoms with Gasteiger partial charge in [0.1, 0.15) is 0 Å². The van der Waals surface area contributed by atoms with Gasteiger partial charge < -0.3 is 15.0 Å². The Kier molecular flexibility index (Phi) is 7.55. The first-order chi connectivity index (χ1) is 13.4. The van der Waals surface area contributed by atoms with Gasteiger partial charge in [0.15, 0.2) is 6.61 Å². The molecule has 0 heterocycles. The number of anilines is 2. The fraction of sp³-hybridized carbons (Fsp3) is 0.200. The Hall–Kier alpha value is -3.37. The van der Waals surface area contributed by atoms with Crippen molar-refractivity contribution in [3.8, 4) is 6.07 Å². The van der Waals surface area contributed by atoms with Crippen molar-refractivity contribution in [2.75, 3.05) is 23.4 Å². The predicted molar refractivity (Wildman–Crippen MR) is 105 cm³/mol. The summed E-state index contributed by atoms with van der Waals surface area (Å²) < 4.78 is 5.09. The summed E-state index contributed by atoms with van der Waals surface area (Å²) in [6.45, 7) is 1.05. The Morgan fingerprint density at radius 2 is 1.89 bits per heavy atom. The molecule has 28 heavy (non-hydrogen) atoms. The standard InChI is InChI=1S/C20H18ClN3O4/c1-14(25)23-17-8-6-15(7-9-17)20(27)28-13-19(26)24(11-3-10-22)18-5-2-4-16(21)12-18/h2,4-9,12H,3,11,13H2,1H3,(H,23,25). The molecule has 0 spiro atoms. The van der Waals surface area contributed by atoms with Crippen LogP contribution in [0.1, 0.15) is 23.7 Å². The van der Waals surface area contributed by atoms with E-state index in [1.807, 2.05) is 6.07 Å². The van der Waals surface area contributed by atoms with Crippen LogP contribution in [-0.4, -0.2) is 30.9 Å². The number of benzene rings is 2. The predicted octanol–water partition coefficient (Wildman–Crippen LogP) is 3.40. The van der Waals surface area contributed by atoms with Crippen LogP contribution in [0.15, 0.2) is 48.5 Å². The lowest BCUT2D eigenvalue weighted by Gasteiger charge is -2.21. The zero-order valence-corrected chi connectivity index (χ0v) is 15.9. The Morgan fingerprint density at radius 3 is 2.50 bits per heavy atom. The molecule has 0 aliphatic rings. The van der Waals surface area contributed by atoms with Gasteiger partial charge in [-0.3, -0.25) is 9.59 Å². The minimum Gasteiger partial charge on any atom is -0.452 e. The van der Waals surface area contributed by atoms with Gasteiger partial charge in [0.2, 0.25) is 5.91 Å². The van der Waals surface area contributed by atoms with Gasteiger partial charge in [0.05, 0.1) is 18.1 Å². The molecule has 0 saturated heterocycles. The van der Waals surface area contributed by atoms with Crippen LogP contribution in [0.2, 0.25) is 5.02 Å². The highest BCUT2D eigenvalue weighted by atomic mass is 35.5. The van der Waals surface area contributed by atoms with Crippen molar-refractivity contribution in [2.45, 2.75) is 13.3 Å². The normalized spacial score (nSPS) is 9.89. The molecule has 144 valence electrons. The molecule has 0 fully saturated rings. The number of carbonyl (C=O) groups excluding carboxylic acids is 3. The van der Waals surface area contributed by atoms with Crippen LogP contribution in [0.25, 0.3) is 0 Å². The average molecular weight is 400 g/mol. The molecule has 0 unspecified atom stereocenters. The molecule has 0 aromatic heterocycles. The monoisotopic (exact) mass is 399 g/mol. The number of esters is 1. The van der Waals surface area contributed by atoms with E-state index in [0.717, 1.165) is 0 Å². The summed E-state index contributed by atoms with van der Waals surface area (Å²) in [4.78, 5) is 37.0. The molecular formula is C20H18ClN3O4. The van der Waals surface area contributed by atoms with Crippen molar-refractivity contribution in [1.29, 1.82) is 5.26 Å². The summed E-state index contributed by atoms with van der Waals surface area (Å²) in [6, 6.07) is 14.7. The van der Waals surface area contributed by atoms with Crippen molar-refractivity contribution >= 4 is 40.8 Å². The maximum absolute atomic E-state index is 12.5. The summed E-state index contributed by atoms with van der Waals surface area (Å²) in [5.41, 5.74) is 1.31. The summed E-state index contributed by atoms with van der Waals surface area (Å²) in [7, 11) is 0. The summed E-state index contributed by atoms with van der Waals surface area (Å²) in [6.07, 6.45) is 0.122. The Morgan fingerprint density at radius 1 is 1.18 bits per heavy atom. The number of halogens is 1. The van der Waals surface area contributed by atoms with Gasteiger partial charge >= 0.3 is 5.97 Å². The number of hydrogen-bond donors (Lipinski definition) is 1. The molecule has 8 heteroatoms. The molecule has 2 rings (SSSR count). The van der Waals surface area contributed by atoms with Crippen molar-refractivity contribution in [3.63, 3.8) is 0 Å². The second-order valence-corrected chi connectivity index (χ2v) is 6.20. The van der Waals surface area contributed by atoms with E-state index in [4.69, 9.17) is 21.6 Å². The first-order valence-electron chi connectivity index (χ1n) is 8.38. The second kappa shape index (κ2) is 10.1. The smallest absolute Gasteiger partial charge is 0.338 e. The molecule has 2 amide bonds. The Balaban J connectivity index is 2.02. The molecule has 1 N–H and O–H groups in total. The topological polar surface area (TPSA) is 99.5 Å². The fourth-order valence-corrected chi connectivity index (χ4v) is 2.57. The van der Waals surface area contributed by atoms with E-state index in [0.29, 0.717) is 16.4 Å². The van der Waals surface area contributed by atoms with E-state index in [-0.39, 0.29) is 24.4 Å². The third kappa shape index (κ3) is 6.11. The second-order valence-electron chi connectivity index (χ2n) is 5.77. The highest BCUT2D eigenvalue weighted by molar-refractivity contribution is 6.30. The molecule has 0 saturated carbocycles. The molecule has 0 atom stereocenters. The van der Waals surface area contributed by atoms with Crippen molar-refractivity contribution in [1.82, 2.24) is 0 Å². The van der Waals surface area contributed by atoms with Crippen LogP contribution in [0, 0.1) is 11.3 Å². The first-order valence-corrected chi connectivity index (χ1v) is 8.76. The quantitative estimate of drug-likeness (QED) is 0.719. The summed E-state index contributed by atoms with van der Waals surface area (Å²) >= 11 is 5.96. The van der Waals surface area contributed by atoms with Crippen LogP contribution < -0.4 is 10.2 Å². The van der Waals surface area contributed by atoms with E-state index >= 15 is 0 Å². The number of hydrogen-bond acceptors (Lipinski definition) is 5. The molecule has 0 radical (unpaired) electrons. The number of ether oxygens (including phenoxy) is 1. The number of nitriles is 1. The number of nitrogens with one attached hydrogen (secondary N) is 1. The maximum Gasteiger partial charge on any atom is 0.338 e. The van der Waals surface area contributed by atoms with Crippen LogP contribution in [0.3, 0.4) is 0 Å². The summed E-state index contributed by atoms with van der Waals surface area (Å²) in [5, 5.41) is 11.9. The SMILES string of the molecule is CC(=O)Nc1ccc(C(=O)OCC(=O)N(CCC#N)c2cccc(Cl)c2)cc1. The van der Waals surface area contributed by atoms with Crippen molar-refractivity contribution < 1.29 is 19.1 Å². The van der Waals surface area contributed by atoms with Crippen LogP contribution in [0.4, 0.5) is 11.4 Å². The zero-order chi connectivity index (χ0) is 20.5. The molecule has 0 aliphatic carbocycles. The van der Waals surface area contributed by atoms with E-state index in [1.165, 1.54) is 24.0 Å². The maximum atomic E-state index is 12.5. The first kappa shape index (κ1) is 20.9. The minimum atomic E-state index is -0.672. The molecule has 0 aliphatic heterocycles. The lowest BCUT2D eigenvalue weighted by Crippen LogP contribution is -2.35. The zero-order valence-electron chi connectivity index (χ0n) is 15.1. The van der Waals surface area contributed by atoms with Crippen LogP contribution in [-0.2, 0) is 14.3 Å². The van der Waals surface area contributed by atoms with Gasteiger partial charge in [-0.15, -0.1) is 0 Å². The van der Waals surface area contributed by atoms with Gasteiger partial charge in [-0.05, 0) is 42.5 Å². The Labute approximate surface area is 167 Å². The van der Waals surface area contributed by atoms with Gasteiger partial charge in [0, 0.05) is 29.9 Å². The van der Waals surface area contributed by atoms with Gasteiger partial charge in [-0.1, -0.05) is 17.7 Å². The van der Waals surface area contributed by atoms with Crippen LogP contribution >= 0.6 is 11.6 Å². The Bertz CT molecular complexity index is 906. The van der Waals surface area contributed by atoms with E-state index in [1.54, 1.807) is 36.4 Å². The third-order valence-electron chi connectivity index (χ3n) is 3.64. The fourth-order valence-electron chi connectivity index (χ4n) is 2.39. The van der Waals surface area contributed by atoms with Gasteiger partial charge in [-0.25, -0.2) is 4.79 Å². The number of carbonyl (C=O) groups is 3. The lowest BCUT2D eigenvalue weighted by atomic mass is 10.2. The number of rotatable bonds is 7. The third-order valence-corrected chi connectivity index (χ3v) is 3.87. The number of amides is 2. The molecule has 2 aromatic rings. The largest absolute Gasteiger partial charge is 0.452 e. The van der Waals surface area contributed by atoms with Gasteiger partial charge in [-0.2, -0.15) is 5.26 Å². The molecular weight excluding hydrogens is 382 g/mol. The highest BCUT2D eigenvalue weighted by Crippen LogP contribution is 2.20. The van der Waals surface area contributed by atoms with Gasteiger partial charge in [0.25, 0.3) is 5.91 Å².